The van der Waals surface area contributed by atoms with E-state index >= 15 is 0 Å². The number of ketones is 1. The molecule has 0 aliphatic heterocycles. The second-order valence-electron chi connectivity index (χ2n) is 13.2. The van der Waals surface area contributed by atoms with Crippen molar-refractivity contribution in [3.63, 3.8) is 0 Å². The molecule has 4 aromatic carbocycles. The Hall–Kier alpha value is -6.15. The van der Waals surface area contributed by atoms with Crippen molar-refractivity contribution in [2.24, 2.45) is 0 Å². The van der Waals surface area contributed by atoms with Gasteiger partial charge >= 0.3 is 5.97 Å². The summed E-state index contributed by atoms with van der Waals surface area (Å²) in [5, 5.41) is 0.723. The van der Waals surface area contributed by atoms with E-state index in [4.69, 9.17) is 23.9 Å². The molecule has 0 atom stereocenters. The SMILES string of the molecule is COc1ccc(CCn2c(C)cc(C(=O)COC(=O)c3c4c(nc5ccccc35)/C(=C\c3ccc(Oc5ccccc5)cc3)CCC4)c2C)cc1OC. The molecule has 0 unspecified atom stereocenters. The molecule has 6 aromatic rings. The van der Waals surface area contributed by atoms with Crippen molar-refractivity contribution in [3.05, 3.63) is 148 Å². The Labute approximate surface area is 309 Å². The average Bonchev–Trinajstić information content (AvgIpc) is 3.48. The minimum atomic E-state index is -0.515. The highest BCUT2D eigenvalue weighted by Crippen LogP contribution is 2.37. The monoisotopic (exact) mass is 706 g/mol. The maximum atomic E-state index is 14.0. The molecule has 53 heavy (non-hydrogen) atoms. The molecule has 1 aliphatic carbocycles. The van der Waals surface area contributed by atoms with Gasteiger partial charge in [0.1, 0.15) is 11.5 Å². The fourth-order valence-electron chi connectivity index (χ4n) is 7.15. The third-order valence-electron chi connectivity index (χ3n) is 9.85. The zero-order chi connectivity index (χ0) is 36.9. The third-order valence-corrected chi connectivity index (χ3v) is 9.85. The molecule has 0 fully saturated rings. The van der Waals surface area contributed by atoms with Gasteiger partial charge < -0.3 is 23.5 Å². The van der Waals surface area contributed by atoms with Crippen LogP contribution in [-0.2, 0) is 24.1 Å². The molecular weight excluding hydrogens is 665 g/mol. The zero-order valence-electron chi connectivity index (χ0n) is 30.5. The van der Waals surface area contributed by atoms with Gasteiger partial charge in [-0.25, -0.2) is 9.78 Å². The molecule has 2 heterocycles. The number of pyridine rings is 1. The summed E-state index contributed by atoms with van der Waals surface area (Å²) >= 11 is 0. The predicted molar refractivity (Wildman–Crippen MR) is 207 cm³/mol. The Balaban J connectivity index is 1.09. The molecule has 0 radical (unpaired) electrons. The highest BCUT2D eigenvalue weighted by molar-refractivity contribution is 6.08. The topological polar surface area (TPSA) is 88.9 Å². The lowest BCUT2D eigenvalue weighted by Crippen LogP contribution is -2.19. The number of hydrogen-bond donors (Lipinski definition) is 0. The number of carbonyl (C=O) groups is 2. The number of aromatic nitrogens is 2. The molecule has 0 amide bonds. The maximum Gasteiger partial charge on any atom is 0.339 e. The molecule has 0 bridgehead atoms. The van der Waals surface area contributed by atoms with Crippen LogP contribution in [0, 0.1) is 13.8 Å². The van der Waals surface area contributed by atoms with Gasteiger partial charge in [0, 0.05) is 28.9 Å². The molecule has 8 nitrogen and oxygen atoms in total. The van der Waals surface area contributed by atoms with Crippen LogP contribution in [0.4, 0.5) is 0 Å². The lowest BCUT2D eigenvalue weighted by Gasteiger charge is -2.22. The largest absolute Gasteiger partial charge is 0.493 e. The van der Waals surface area contributed by atoms with Gasteiger partial charge in [-0.3, -0.25) is 4.79 Å². The number of para-hydroxylation sites is 2. The highest BCUT2D eigenvalue weighted by atomic mass is 16.5. The Morgan fingerprint density at radius 2 is 1.55 bits per heavy atom. The summed E-state index contributed by atoms with van der Waals surface area (Å²) in [5.41, 5.74) is 8.36. The van der Waals surface area contributed by atoms with Crippen molar-refractivity contribution in [1.82, 2.24) is 9.55 Å². The van der Waals surface area contributed by atoms with E-state index in [9.17, 15) is 9.59 Å². The van der Waals surface area contributed by atoms with Gasteiger partial charge in [-0.1, -0.05) is 54.6 Å². The van der Waals surface area contributed by atoms with Crippen LogP contribution in [0.15, 0.2) is 103 Å². The number of carbonyl (C=O) groups excluding carboxylic acids is 2. The first-order valence-corrected chi connectivity index (χ1v) is 17.9. The van der Waals surface area contributed by atoms with E-state index in [0.717, 1.165) is 75.5 Å². The van der Waals surface area contributed by atoms with Crippen molar-refractivity contribution in [1.29, 1.82) is 0 Å². The van der Waals surface area contributed by atoms with E-state index in [1.54, 1.807) is 14.2 Å². The van der Waals surface area contributed by atoms with Gasteiger partial charge in [0.2, 0.25) is 5.78 Å². The van der Waals surface area contributed by atoms with Crippen LogP contribution in [0.5, 0.6) is 23.0 Å². The average molecular weight is 707 g/mol. The van der Waals surface area contributed by atoms with Gasteiger partial charge in [-0.2, -0.15) is 0 Å². The van der Waals surface area contributed by atoms with Crippen molar-refractivity contribution in [2.75, 3.05) is 20.8 Å². The van der Waals surface area contributed by atoms with Crippen LogP contribution in [0.25, 0.3) is 22.6 Å². The van der Waals surface area contributed by atoms with Gasteiger partial charge in [-0.15, -0.1) is 0 Å². The summed E-state index contributed by atoms with van der Waals surface area (Å²) in [6, 6.07) is 33.0. The van der Waals surface area contributed by atoms with E-state index in [2.05, 4.69) is 10.6 Å². The van der Waals surface area contributed by atoms with Crippen molar-refractivity contribution in [3.8, 4) is 23.0 Å². The molecule has 0 saturated carbocycles. The molecule has 0 N–H and O–H groups in total. The van der Waals surface area contributed by atoms with Crippen molar-refractivity contribution in [2.45, 2.75) is 46.1 Å². The van der Waals surface area contributed by atoms with Crippen LogP contribution < -0.4 is 14.2 Å². The number of nitrogens with zero attached hydrogens (tertiary/aromatic N) is 2. The number of fused-ring (bicyclic) bond motifs is 2. The molecule has 268 valence electrons. The molecule has 0 saturated heterocycles. The van der Waals surface area contributed by atoms with Gasteiger partial charge in [0.15, 0.2) is 18.1 Å². The summed E-state index contributed by atoms with van der Waals surface area (Å²) in [5.74, 6) is 2.14. The number of esters is 1. The summed E-state index contributed by atoms with van der Waals surface area (Å²) in [4.78, 5) is 32.6. The normalized spacial score (nSPS) is 13.1. The minimum absolute atomic E-state index is 0.240. The van der Waals surface area contributed by atoms with Crippen LogP contribution in [0.2, 0.25) is 0 Å². The second kappa shape index (κ2) is 15.6. The number of allylic oxidation sites excluding steroid dienone is 1. The van der Waals surface area contributed by atoms with Gasteiger partial charge in [0.25, 0.3) is 0 Å². The molecule has 8 heteroatoms. The Morgan fingerprint density at radius 3 is 2.32 bits per heavy atom. The summed E-state index contributed by atoms with van der Waals surface area (Å²) in [6.45, 7) is 4.24. The van der Waals surface area contributed by atoms with E-state index < -0.39 is 5.97 Å². The highest BCUT2D eigenvalue weighted by Gasteiger charge is 2.27. The standard InChI is InChI=1S/C45H42N2O6/c1-29-25-38(30(2)47(29)24-23-32-19-22-41(50-3)42(27-32)51-4)40(48)28-52-45(49)43-36-14-8-9-16-39(36)46-44-33(11-10-15-37(43)44)26-31-17-20-35(21-18-31)53-34-12-6-5-7-13-34/h5-9,12-14,16-22,25-27H,10-11,15,23-24,28H2,1-4H3/b33-26-. The third kappa shape index (κ3) is 7.58. The molecule has 1 aliphatic rings. The van der Waals surface area contributed by atoms with E-state index in [1.165, 1.54) is 0 Å². The number of rotatable bonds is 12. The maximum absolute atomic E-state index is 14.0. The lowest BCUT2D eigenvalue weighted by atomic mass is 9.86. The molecule has 0 spiro atoms. The number of methoxy groups -OCH3 is 2. The van der Waals surface area contributed by atoms with Crippen LogP contribution in [0.3, 0.4) is 0 Å². The molecule has 7 rings (SSSR count). The number of Topliss-reactive ketones (excluding diaryl/α,β-unsaturated/α-hetero) is 1. The van der Waals surface area contributed by atoms with Crippen LogP contribution in [-0.4, -0.2) is 42.1 Å². The lowest BCUT2D eigenvalue weighted by molar-refractivity contribution is 0.0475. The van der Waals surface area contributed by atoms with Crippen molar-refractivity contribution < 1.29 is 28.5 Å². The summed E-state index contributed by atoms with van der Waals surface area (Å²) < 4.78 is 24.8. The Morgan fingerprint density at radius 1 is 0.811 bits per heavy atom. The smallest absolute Gasteiger partial charge is 0.339 e. The number of hydrogen-bond acceptors (Lipinski definition) is 7. The number of ether oxygens (including phenoxy) is 4. The first-order valence-electron chi connectivity index (χ1n) is 17.9. The van der Waals surface area contributed by atoms with E-state index in [1.807, 2.05) is 117 Å². The van der Waals surface area contributed by atoms with Gasteiger partial charge in [0.05, 0.1) is 31.0 Å². The first-order chi connectivity index (χ1) is 25.8. The quantitative estimate of drug-likeness (QED) is 0.0925. The van der Waals surface area contributed by atoms with Crippen LogP contribution >= 0.6 is 0 Å². The summed E-state index contributed by atoms with van der Waals surface area (Å²) in [6.07, 6.45) is 5.25. The Bertz CT molecular complexity index is 2320. The summed E-state index contributed by atoms with van der Waals surface area (Å²) in [7, 11) is 3.24. The van der Waals surface area contributed by atoms with Crippen LogP contribution in [0.1, 0.15) is 67.3 Å². The second-order valence-corrected chi connectivity index (χ2v) is 13.2. The van der Waals surface area contributed by atoms with E-state index in [0.29, 0.717) is 41.1 Å². The fourth-order valence-corrected chi connectivity index (χ4v) is 7.15. The van der Waals surface area contributed by atoms with E-state index in [-0.39, 0.29) is 12.4 Å². The molecule has 2 aromatic heterocycles. The van der Waals surface area contributed by atoms with Crippen molar-refractivity contribution >= 4 is 34.3 Å². The zero-order valence-corrected chi connectivity index (χ0v) is 30.5. The minimum Gasteiger partial charge on any atom is -0.493 e. The predicted octanol–water partition coefficient (Wildman–Crippen LogP) is 9.62. The number of benzene rings is 4. The first kappa shape index (κ1) is 35.3. The fraction of sp³-hybridized carbons (Fsp3) is 0.222. The number of aryl methyl sites for hydroxylation is 2. The van der Waals surface area contributed by atoms with Gasteiger partial charge in [-0.05, 0) is 116 Å². The molecular formula is C45H42N2O6. The Kier molecular flexibility index (Phi) is 10.4.